The first kappa shape index (κ1) is 9.67. The second-order valence-corrected chi connectivity index (χ2v) is 2.57. The van der Waals surface area contributed by atoms with Gasteiger partial charge in [-0.3, -0.25) is 0 Å². The third kappa shape index (κ3) is 2.52. The molecule has 0 heterocycles. The van der Waals surface area contributed by atoms with Crippen LogP contribution in [0.2, 0.25) is 0 Å². The van der Waals surface area contributed by atoms with Crippen LogP contribution in [-0.4, -0.2) is 17.7 Å². The number of benzene rings is 1. The SMILES string of the molecule is Cc1ccc(F)c(OC(=O)CO)c1. The Morgan fingerprint density at radius 1 is 1.62 bits per heavy atom. The van der Waals surface area contributed by atoms with E-state index in [4.69, 9.17) is 5.11 Å². The Kier molecular flexibility index (Phi) is 2.97. The summed E-state index contributed by atoms with van der Waals surface area (Å²) in [5, 5.41) is 8.36. The van der Waals surface area contributed by atoms with E-state index in [9.17, 15) is 9.18 Å². The van der Waals surface area contributed by atoms with E-state index in [1.54, 1.807) is 13.0 Å². The lowest BCUT2D eigenvalue weighted by molar-refractivity contribution is -0.137. The van der Waals surface area contributed by atoms with Crippen LogP contribution in [0.5, 0.6) is 5.75 Å². The number of hydrogen-bond donors (Lipinski definition) is 1. The molecule has 3 nitrogen and oxygen atoms in total. The van der Waals surface area contributed by atoms with E-state index in [0.717, 1.165) is 5.56 Å². The molecule has 1 rings (SSSR count). The third-order valence-electron chi connectivity index (χ3n) is 1.44. The van der Waals surface area contributed by atoms with E-state index in [0.29, 0.717) is 0 Å². The van der Waals surface area contributed by atoms with Crippen LogP contribution in [0.15, 0.2) is 18.2 Å². The molecule has 0 bridgehead atoms. The average molecular weight is 184 g/mol. The smallest absolute Gasteiger partial charge is 0.337 e. The quantitative estimate of drug-likeness (QED) is 0.551. The number of ether oxygens (including phenoxy) is 1. The Hall–Kier alpha value is -1.42. The minimum atomic E-state index is -0.871. The minimum Gasteiger partial charge on any atom is -0.422 e. The number of aliphatic hydroxyl groups excluding tert-OH is 1. The zero-order valence-corrected chi connectivity index (χ0v) is 7.08. The van der Waals surface area contributed by atoms with Gasteiger partial charge in [0, 0.05) is 0 Å². The van der Waals surface area contributed by atoms with Gasteiger partial charge in [0.2, 0.25) is 0 Å². The summed E-state index contributed by atoms with van der Waals surface area (Å²) < 4.78 is 17.4. The van der Waals surface area contributed by atoms with Crippen molar-refractivity contribution in [3.05, 3.63) is 29.6 Å². The number of carbonyl (C=O) groups excluding carboxylic acids is 1. The number of rotatable bonds is 2. The first-order valence-electron chi connectivity index (χ1n) is 3.71. The molecular formula is C9H9FO3. The van der Waals surface area contributed by atoms with E-state index in [-0.39, 0.29) is 5.75 Å². The largest absolute Gasteiger partial charge is 0.422 e. The third-order valence-corrected chi connectivity index (χ3v) is 1.44. The van der Waals surface area contributed by atoms with E-state index >= 15 is 0 Å². The second-order valence-electron chi connectivity index (χ2n) is 2.57. The maximum absolute atomic E-state index is 12.9. The van der Waals surface area contributed by atoms with Gasteiger partial charge in [-0.2, -0.15) is 0 Å². The molecular weight excluding hydrogens is 175 g/mol. The molecule has 4 heteroatoms. The van der Waals surface area contributed by atoms with Crippen molar-refractivity contribution in [1.29, 1.82) is 0 Å². The summed E-state index contributed by atoms with van der Waals surface area (Å²) in [6.07, 6.45) is 0. The van der Waals surface area contributed by atoms with E-state index in [2.05, 4.69) is 4.74 Å². The normalized spacial score (nSPS) is 9.77. The monoisotopic (exact) mass is 184 g/mol. The zero-order chi connectivity index (χ0) is 9.84. The molecule has 0 spiro atoms. The number of esters is 1. The summed E-state index contributed by atoms with van der Waals surface area (Å²) in [6.45, 7) is 0.989. The molecule has 1 aromatic carbocycles. The average Bonchev–Trinajstić information content (AvgIpc) is 2.11. The topological polar surface area (TPSA) is 46.5 Å². The van der Waals surface area contributed by atoms with E-state index < -0.39 is 18.4 Å². The van der Waals surface area contributed by atoms with Crippen molar-refractivity contribution < 1.29 is 19.0 Å². The number of halogens is 1. The van der Waals surface area contributed by atoms with Crippen molar-refractivity contribution in [2.75, 3.05) is 6.61 Å². The molecule has 0 atom stereocenters. The summed E-state index contributed by atoms with van der Waals surface area (Å²) in [5.74, 6) is -1.64. The predicted octanol–water partition coefficient (Wildman–Crippen LogP) is 1.03. The van der Waals surface area contributed by atoms with Crippen molar-refractivity contribution in [2.24, 2.45) is 0 Å². The van der Waals surface area contributed by atoms with Crippen molar-refractivity contribution in [3.63, 3.8) is 0 Å². The highest BCUT2D eigenvalue weighted by Crippen LogP contribution is 2.18. The fraction of sp³-hybridized carbons (Fsp3) is 0.222. The lowest BCUT2D eigenvalue weighted by atomic mass is 10.2. The molecule has 0 aliphatic rings. The van der Waals surface area contributed by atoms with E-state index in [1.807, 2.05) is 0 Å². The van der Waals surface area contributed by atoms with E-state index in [1.165, 1.54) is 12.1 Å². The number of carbonyl (C=O) groups is 1. The van der Waals surface area contributed by atoms with Crippen LogP contribution in [0, 0.1) is 12.7 Å². The highest BCUT2D eigenvalue weighted by Gasteiger charge is 2.07. The molecule has 0 saturated carbocycles. The highest BCUT2D eigenvalue weighted by atomic mass is 19.1. The van der Waals surface area contributed by atoms with Crippen molar-refractivity contribution in [1.82, 2.24) is 0 Å². The van der Waals surface area contributed by atoms with Crippen LogP contribution in [0.1, 0.15) is 5.56 Å². The number of hydrogen-bond acceptors (Lipinski definition) is 3. The first-order valence-corrected chi connectivity index (χ1v) is 3.71. The predicted molar refractivity (Wildman–Crippen MR) is 43.9 cm³/mol. The molecule has 70 valence electrons. The standard InChI is InChI=1S/C9H9FO3/c1-6-2-3-7(10)8(4-6)13-9(12)5-11/h2-4,11H,5H2,1H3. The Labute approximate surface area is 74.8 Å². The Morgan fingerprint density at radius 2 is 2.31 bits per heavy atom. The van der Waals surface area contributed by atoms with Crippen molar-refractivity contribution >= 4 is 5.97 Å². The summed E-state index contributed by atoms with van der Waals surface area (Å²) in [4.78, 5) is 10.6. The molecule has 0 aliphatic heterocycles. The Bertz CT molecular complexity index is 323. The van der Waals surface area contributed by atoms with Gasteiger partial charge < -0.3 is 9.84 Å². The molecule has 0 amide bonds. The van der Waals surface area contributed by atoms with Crippen LogP contribution in [0.3, 0.4) is 0 Å². The van der Waals surface area contributed by atoms with Gasteiger partial charge >= 0.3 is 5.97 Å². The summed E-state index contributed by atoms with van der Waals surface area (Å²) in [6, 6.07) is 4.16. The number of aryl methyl sites for hydroxylation is 1. The van der Waals surface area contributed by atoms with Crippen LogP contribution < -0.4 is 4.74 Å². The van der Waals surface area contributed by atoms with Gasteiger partial charge in [-0.15, -0.1) is 0 Å². The molecule has 0 aromatic heterocycles. The van der Waals surface area contributed by atoms with Gasteiger partial charge in [-0.1, -0.05) is 6.07 Å². The van der Waals surface area contributed by atoms with Gasteiger partial charge in [0.25, 0.3) is 0 Å². The second kappa shape index (κ2) is 4.00. The summed E-state index contributed by atoms with van der Waals surface area (Å²) >= 11 is 0. The summed E-state index contributed by atoms with van der Waals surface area (Å²) in [5.41, 5.74) is 0.780. The zero-order valence-electron chi connectivity index (χ0n) is 7.08. The molecule has 0 fully saturated rings. The van der Waals surface area contributed by atoms with Gasteiger partial charge in [0.1, 0.15) is 6.61 Å². The molecule has 0 radical (unpaired) electrons. The molecule has 0 unspecified atom stereocenters. The van der Waals surface area contributed by atoms with Crippen LogP contribution in [0.4, 0.5) is 4.39 Å². The number of aliphatic hydroxyl groups is 1. The molecule has 0 saturated heterocycles. The van der Waals surface area contributed by atoms with Crippen molar-refractivity contribution in [3.8, 4) is 5.75 Å². The van der Waals surface area contributed by atoms with Crippen molar-refractivity contribution in [2.45, 2.75) is 6.92 Å². The van der Waals surface area contributed by atoms with Crippen LogP contribution >= 0.6 is 0 Å². The van der Waals surface area contributed by atoms with Gasteiger partial charge in [0.15, 0.2) is 11.6 Å². The summed E-state index contributed by atoms with van der Waals surface area (Å²) in [7, 11) is 0. The highest BCUT2D eigenvalue weighted by molar-refractivity contribution is 5.73. The van der Waals surface area contributed by atoms with Gasteiger partial charge in [-0.05, 0) is 24.6 Å². The lowest BCUT2D eigenvalue weighted by Gasteiger charge is -2.03. The maximum atomic E-state index is 12.9. The minimum absolute atomic E-state index is 0.154. The Morgan fingerprint density at radius 3 is 2.92 bits per heavy atom. The first-order chi connectivity index (χ1) is 6.13. The van der Waals surface area contributed by atoms with Gasteiger partial charge in [0.05, 0.1) is 0 Å². The molecule has 13 heavy (non-hydrogen) atoms. The fourth-order valence-electron chi connectivity index (χ4n) is 0.844. The van der Waals surface area contributed by atoms with Crippen LogP contribution in [0.25, 0.3) is 0 Å². The van der Waals surface area contributed by atoms with Gasteiger partial charge in [-0.25, -0.2) is 9.18 Å². The molecule has 1 aromatic rings. The maximum Gasteiger partial charge on any atom is 0.337 e. The lowest BCUT2D eigenvalue weighted by Crippen LogP contribution is -2.13. The fourth-order valence-corrected chi connectivity index (χ4v) is 0.844. The molecule has 0 aliphatic carbocycles. The Balaban J connectivity index is 2.87. The van der Waals surface area contributed by atoms with Crippen LogP contribution in [-0.2, 0) is 4.79 Å². The molecule has 1 N–H and O–H groups in total.